The van der Waals surface area contributed by atoms with E-state index in [9.17, 15) is 4.79 Å². The van der Waals surface area contributed by atoms with Gasteiger partial charge in [-0.15, -0.1) is 0 Å². The molecule has 0 unspecified atom stereocenters. The second kappa shape index (κ2) is 9.16. The number of rotatable bonds is 5. The van der Waals surface area contributed by atoms with E-state index in [1.165, 1.54) is 32.1 Å². The van der Waals surface area contributed by atoms with E-state index in [1.807, 2.05) is 0 Å². The molecule has 3 fully saturated rings. The van der Waals surface area contributed by atoms with Gasteiger partial charge in [0.15, 0.2) is 0 Å². The number of carbonyl (C=O) groups is 1. The van der Waals surface area contributed by atoms with Crippen LogP contribution in [0.3, 0.4) is 0 Å². The molecule has 1 amide bonds. The van der Waals surface area contributed by atoms with E-state index in [-0.39, 0.29) is 6.10 Å². The molecule has 0 spiro atoms. The maximum absolute atomic E-state index is 12.5. The topological polar surface area (TPSA) is 42.0 Å². The van der Waals surface area contributed by atoms with Crippen molar-refractivity contribution in [1.29, 1.82) is 0 Å². The molecule has 2 saturated heterocycles. The Bertz CT molecular complexity index is 392. The average molecular weight is 338 g/mol. The summed E-state index contributed by atoms with van der Waals surface area (Å²) in [5, 5.41) is 0. The highest BCUT2D eigenvalue weighted by Crippen LogP contribution is 2.26. The van der Waals surface area contributed by atoms with E-state index in [0.29, 0.717) is 38.2 Å². The lowest BCUT2D eigenvalue weighted by atomic mass is 9.89. The van der Waals surface area contributed by atoms with Crippen molar-refractivity contribution in [2.45, 2.75) is 63.5 Å². The number of hydrogen-bond acceptors (Lipinski definition) is 4. The van der Waals surface area contributed by atoms with E-state index in [1.54, 1.807) is 0 Å². The molecule has 3 aliphatic rings. The van der Waals surface area contributed by atoms with Gasteiger partial charge < -0.3 is 19.3 Å². The molecule has 0 bridgehead atoms. The molecule has 0 radical (unpaired) electrons. The van der Waals surface area contributed by atoms with Crippen LogP contribution < -0.4 is 0 Å². The molecular formula is C19H34N2O3. The van der Waals surface area contributed by atoms with Crippen molar-refractivity contribution < 1.29 is 14.3 Å². The van der Waals surface area contributed by atoms with Gasteiger partial charge in [0.1, 0.15) is 0 Å². The summed E-state index contributed by atoms with van der Waals surface area (Å²) in [6.07, 6.45) is 9.64. The summed E-state index contributed by atoms with van der Waals surface area (Å²) in [6, 6.07) is 0.482. The summed E-state index contributed by atoms with van der Waals surface area (Å²) in [6.45, 7) is 4.94. The fourth-order valence-corrected chi connectivity index (χ4v) is 4.45. The molecule has 1 saturated carbocycles. The van der Waals surface area contributed by atoms with E-state index >= 15 is 0 Å². The van der Waals surface area contributed by atoms with E-state index in [0.717, 1.165) is 38.4 Å². The third-order valence-electron chi connectivity index (χ3n) is 5.98. The van der Waals surface area contributed by atoms with Gasteiger partial charge in [-0.1, -0.05) is 19.3 Å². The Morgan fingerprint density at radius 2 is 1.96 bits per heavy atom. The molecule has 2 heterocycles. The molecule has 138 valence electrons. The fourth-order valence-electron chi connectivity index (χ4n) is 4.45. The molecule has 2 atom stereocenters. The highest BCUT2D eigenvalue weighted by Gasteiger charge is 2.28. The molecule has 0 aromatic heterocycles. The highest BCUT2D eigenvalue weighted by atomic mass is 16.6. The zero-order valence-electron chi connectivity index (χ0n) is 15.3. The molecule has 2 aliphatic heterocycles. The number of likely N-dealkylation sites (N-methyl/N-ethyl adjacent to an activating group) is 1. The van der Waals surface area contributed by atoms with Crippen LogP contribution in [-0.4, -0.2) is 74.4 Å². The normalized spacial score (nSPS) is 30.6. The number of amides is 1. The van der Waals surface area contributed by atoms with Gasteiger partial charge in [-0.2, -0.15) is 0 Å². The van der Waals surface area contributed by atoms with Gasteiger partial charge >= 0.3 is 0 Å². The lowest BCUT2D eigenvalue weighted by Gasteiger charge is -2.32. The van der Waals surface area contributed by atoms with Crippen LogP contribution >= 0.6 is 0 Å². The second-order valence-corrected chi connectivity index (χ2v) is 7.83. The van der Waals surface area contributed by atoms with E-state index < -0.39 is 0 Å². The summed E-state index contributed by atoms with van der Waals surface area (Å²) in [4.78, 5) is 17.1. The number of ether oxygens (including phenoxy) is 2. The van der Waals surface area contributed by atoms with Gasteiger partial charge in [0.25, 0.3) is 0 Å². The van der Waals surface area contributed by atoms with Gasteiger partial charge in [0, 0.05) is 32.1 Å². The lowest BCUT2D eigenvalue weighted by molar-refractivity contribution is -0.131. The van der Waals surface area contributed by atoms with Gasteiger partial charge in [-0.05, 0) is 38.6 Å². The molecule has 24 heavy (non-hydrogen) atoms. The number of likely N-dealkylation sites (tertiary alicyclic amines) is 1. The first-order valence-electron chi connectivity index (χ1n) is 9.89. The molecule has 0 aromatic carbocycles. The predicted octanol–water partition coefficient (Wildman–Crippen LogP) is 2.29. The monoisotopic (exact) mass is 338 g/mol. The van der Waals surface area contributed by atoms with Crippen molar-refractivity contribution >= 4 is 5.91 Å². The third kappa shape index (κ3) is 5.17. The summed E-state index contributed by atoms with van der Waals surface area (Å²) in [7, 11) is 2.17. The quantitative estimate of drug-likeness (QED) is 0.771. The SMILES string of the molecule is CN(C[C@H]1COCCO1)[C@@H]1CCC(=O)N(CC2CCCCC2)CC1. The molecule has 0 N–H and O–H groups in total. The van der Waals surface area contributed by atoms with Crippen molar-refractivity contribution in [2.75, 3.05) is 46.5 Å². The van der Waals surface area contributed by atoms with Gasteiger partial charge in [-0.3, -0.25) is 4.79 Å². The summed E-state index contributed by atoms with van der Waals surface area (Å²) >= 11 is 0. The largest absolute Gasteiger partial charge is 0.376 e. The molecule has 1 aliphatic carbocycles. The minimum Gasteiger partial charge on any atom is -0.376 e. The summed E-state index contributed by atoms with van der Waals surface area (Å²) in [5.41, 5.74) is 0. The van der Waals surface area contributed by atoms with Crippen molar-refractivity contribution in [2.24, 2.45) is 5.92 Å². The smallest absolute Gasteiger partial charge is 0.222 e. The zero-order chi connectivity index (χ0) is 16.8. The maximum Gasteiger partial charge on any atom is 0.222 e. The number of carbonyl (C=O) groups excluding carboxylic acids is 1. The van der Waals surface area contributed by atoms with Crippen LogP contribution in [0.15, 0.2) is 0 Å². The van der Waals surface area contributed by atoms with Crippen LogP contribution in [-0.2, 0) is 14.3 Å². The van der Waals surface area contributed by atoms with Crippen LogP contribution in [0.25, 0.3) is 0 Å². The molecule has 0 aromatic rings. The maximum atomic E-state index is 12.5. The standard InChI is InChI=1S/C19H34N2O3/c1-20(14-18-15-23-11-12-24-18)17-7-8-19(22)21(10-9-17)13-16-5-3-2-4-6-16/h16-18H,2-15H2,1H3/t17-,18+/m1/s1. The Hall–Kier alpha value is -0.650. The van der Waals surface area contributed by atoms with Crippen molar-refractivity contribution in [3.05, 3.63) is 0 Å². The summed E-state index contributed by atoms with van der Waals surface area (Å²) in [5.74, 6) is 1.11. The summed E-state index contributed by atoms with van der Waals surface area (Å²) < 4.78 is 11.3. The first kappa shape index (κ1) is 18.2. The minimum absolute atomic E-state index is 0.182. The number of hydrogen-bond donors (Lipinski definition) is 0. The first-order chi connectivity index (χ1) is 11.7. The molecule has 5 nitrogen and oxygen atoms in total. The van der Waals surface area contributed by atoms with Gasteiger partial charge in [0.05, 0.1) is 25.9 Å². The second-order valence-electron chi connectivity index (χ2n) is 7.83. The Balaban J connectivity index is 1.46. The van der Waals surface area contributed by atoms with Crippen LogP contribution in [0.2, 0.25) is 0 Å². The van der Waals surface area contributed by atoms with Crippen molar-refractivity contribution in [3.8, 4) is 0 Å². The zero-order valence-corrected chi connectivity index (χ0v) is 15.3. The van der Waals surface area contributed by atoms with Crippen LogP contribution in [0.5, 0.6) is 0 Å². The van der Waals surface area contributed by atoms with E-state index in [4.69, 9.17) is 9.47 Å². The van der Waals surface area contributed by atoms with Gasteiger partial charge in [-0.25, -0.2) is 0 Å². The van der Waals surface area contributed by atoms with Crippen LogP contribution in [0.4, 0.5) is 0 Å². The third-order valence-corrected chi connectivity index (χ3v) is 5.98. The first-order valence-corrected chi connectivity index (χ1v) is 9.89. The Labute approximate surface area is 146 Å². The fraction of sp³-hybridized carbons (Fsp3) is 0.947. The van der Waals surface area contributed by atoms with E-state index in [2.05, 4.69) is 16.8 Å². The van der Waals surface area contributed by atoms with Crippen molar-refractivity contribution in [3.63, 3.8) is 0 Å². The van der Waals surface area contributed by atoms with Crippen LogP contribution in [0.1, 0.15) is 51.4 Å². The molecule has 5 heteroatoms. The molecular weight excluding hydrogens is 304 g/mol. The minimum atomic E-state index is 0.182. The number of nitrogens with zero attached hydrogens (tertiary/aromatic N) is 2. The van der Waals surface area contributed by atoms with Crippen molar-refractivity contribution in [1.82, 2.24) is 9.80 Å². The Kier molecular flexibility index (Phi) is 6.93. The van der Waals surface area contributed by atoms with Crippen LogP contribution in [0, 0.1) is 5.92 Å². The Morgan fingerprint density at radius 3 is 2.71 bits per heavy atom. The Morgan fingerprint density at radius 1 is 1.12 bits per heavy atom. The molecule has 3 rings (SSSR count). The lowest BCUT2D eigenvalue weighted by Crippen LogP contribution is -2.43. The predicted molar refractivity (Wildman–Crippen MR) is 94.0 cm³/mol. The average Bonchev–Trinajstić information content (AvgIpc) is 2.79. The highest BCUT2D eigenvalue weighted by molar-refractivity contribution is 5.76. The van der Waals surface area contributed by atoms with Gasteiger partial charge in [0.2, 0.25) is 5.91 Å².